The number of halogens is 1. The van der Waals surface area contributed by atoms with Crippen LogP contribution in [0.3, 0.4) is 0 Å². The van der Waals surface area contributed by atoms with Gasteiger partial charge in [0.25, 0.3) is 5.91 Å². The highest BCUT2D eigenvalue weighted by atomic mass is 19.1. The highest BCUT2D eigenvalue weighted by Crippen LogP contribution is 2.29. The Kier molecular flexibility index (Phi) is 10.1. The Labute approximate surface area is 218 Å². The summed E-state index contributed by atoms with van der Waals surface area (Å²) in [4.78, 5) is 38.4. The molecule has 1 saturated carbocycles. The van der Waals surface area contributed by atoms with Crippen molar-refractivity contribution in [2.75, 3.05) is 5.32 Å². The smallest absolute Gasteiger partial charge is 0.305 e. The Bertz CT molecular complexity index is 1150. The van der Waals surface area contributed by atoms with Crippen LogP contribution in [-0.2, 0) is 4.79 Å². The fraction of sp³-hybridized carbons (Fsp3) is 0.621. The number of fused-ring (bicyclic) bond motifs is 1. The van der Waals surface area contributed by atoms with Crippen molar-refractivity contribution < 1.29 is 19.1 Å². The number of aromatic nitrogens is 1. The van der Waals surface area contributed by atoms with E-state index in [0.29, 0.717) is 24.0 Å². The molecule has 1 fully saturated rings. The van der Waals surface area contributed by atoms with Gasteiger partial charge in [-0.05, 0) is 43.7 Å². The standard InChI is InChI=1S/C29H42FN3O4/c1-5-18(6-2)24(16-27(34)35)32-29(37)22-17-33(20(7-3)8-4)26-15-25(23(30)14-21(26)28(22)36)31-19-12-10-9-11-13-19/h14-15,17-20,24,31H,5-13,16H2,1-4H3,(H,32,37)(H,34,35). The first-order valence-electron chi connectivity index (χ1n) is 13.9. The van der Waals surface area contributed by atoms with Crippen molar-refractivity contribution in [3.63, 3.8) is 0 Å². The lowest BCUT2D eigenvalue weighted by Crippen LogP contribution is -2.43. The topological polar surface area (TPSA) is 100 Å². The molecule has 0 saturated heterocycles. The third kappa shape index (κ3) is 6.70. The van der Waals surface area contributed by atoms with Gasteiger partial charge >= 0.3 is 5.97 Å². The van der Waals surface area contributed by atoms with Gasteiger partial charge in [0.15, 0.2) is 0 Å². The van der Waals surface area contributed by atoms with E-state index in [1.165, 1.54) is 12.5 Å². The summed E-state index contributed by atoms with van der Waals surface area (Å²) in [7, 11) is 0. The zero-order valence-electron chi connectivity index (χ0n) is 22.6. The largest absolute Gasteiger partial charge is 0.481 e. The van der Waals surface area contributed by atoms with Gasteiger partial charge in [-0.2, -0.15) is 0 Å². The van der Waals surface area contributed by atoms with E-state index in [0.717, 1.165) is 38.5 Å². The molecular weight excluding hydrogens is 473 g/mol. The third-order valence-corrected chi connectivity index (χ3v) is 8.00. The summed E-state index contributed by atoms with van der Waals surface area (Å²) in [5.41, 5.74) is 0.340. The first-order valence-corrected chi connectivity index (χ1v) is 13.9. The number of carbonyl (C=O) groups is 2. The van der Waals surface area contributed by atoms with E-state index < -0.39 is 29.2 Å². The van der Waals surface area contributed by atoms with Gasteiger partial charge in [-0.1, -0.05) is 59.8 Å². The lowest BCUT2D eigenvalue weighted by atomic mass is 9.91. The minimum Gasteiger partial charge on any atom is -0.481 e. The molecule has 1 aliphatic rings. The van der Waals surface area contributed by atoms with E-state index in [1.54, 1.807) is 12.3 Å². The number of benzene rings is 1. The molecule has 1 heterocycles. The molecule has 204 valence electrons. The van der Waals surface area contributed by atoms with Gasteiger partial charge in [-0.3, -0.25) is 14.4 Å². The van der Waals surface area contributed by atoms with Crippen molar-refractivity contribution >= 4 is 28.5 Å². The fourth-order valence-electron chi connectivity index (χ4n) is 5.72. The van der Waals surface area contributed by atoms with Crippen molar-refractivity contribution in [2.45, 2.75) is 110 Å². The molecule has 0 aliphatic heterocycles. The molecule has 1 aromatic heterocycles. The average Bonchev–Trinajstić information content (AvgIpc) is 2.87. The Morgan fingerprint density at radius 2 is 1.70 bits per heavy atom. The number of nitrogens with one attached hydrogen (secondary N) is 2. The predicted octanol–water partition coefficient (Wildman–Crippen LogP) is 6.26. The molecule has 37 heavy (non-hydrogen) atoms. The molecule has 1 unspecified atom stereocenters. The first-order chi connectivity index (χ1) is 17.7. The van der Waals surface area contributed by atoms with Crippen LogP contribution in [0.15, 0.2) is 23.1 Å². The van der Waals surface area contributed by atoms with Crippen LogP contribution in [0.5, 0.6) is 0 Å². The molecular formula is C29H42FN3O4. The molecule has 0 bridgehead atoms. The lowest BCUT2D eigenvalue weighted by Gasteiger charge is -2.27. The second kappa shape index (κ2) is 13.1. The number of carbonyl (C=O) groups excluding carboxylic acids is 1. The molecule has 1 aliphatic carbocycles. The first kappa shape index (κ1) is 28.7. The summed E-state index contributed by atoms with van der Waals surface area (Å²) >= 11 is 0. The summed E-state index contributed by atoms with van der Waals surface area (Å²) in [5, 5.41) is 15.7. The van der Waals surface area contributed by atoms with Crippen molar-refractivity contribution in [2.24, 2.45) is 5.92 Å². The Morgan fingerprint density at radius 1 is 1.05 bits per heavy atom. The van der Waals surface area contributed by atoms with Crippen LogP contribution < -0.4 is 16.1 Å². The van der Waals surface area contributed by atoms with E-state index in [4.69, 9.17) is 0 Å². The average molecular weight is 516 g/mol. The highest BCUT2D eigenvalue weighted by Gasteiger charge is 2.27. The Hall–Kier alpha value is -2.90. The van der Waals surface area contributed by atoms with Crippen LogP contribution in [0.1, 0.15) is 108 Å². The number of carboxylic acid groups (broad SMARTS) is 1. The molecule has 1 amide bonds. The normalized spacial score (nSPS) is 15.3. The van der Waals surface area contributed by atoms with Gasteiger partial charge in [0.1, 0.15) is 11.4 Å². The SMILES string of the molecule is CCC(CC)C(CC(=O)O)NC(=O)c1cn(C(CC)CC)c2cc(NC3CCCCC3)c(F)cc2c1=O. The molecule has 1 aromatic carbocycles. The summed E-state index contributed by atoms with van der Waals surface area (Å²) in [6, 6.07) is 2.56. The molecule has 8 heteroatoms. The minimum absolute atomic E-state index is 0.0106. The number of anilines is 1. The predicted molar refractivity (Wildman–Crippen MR) is 146 cm³/mol. The summed E-state index contributed by atoms with van der Waals surface area (Å²) < 4.78 is 17.2. The maximum Gasteiger partial charge on any atom is 0.305 e. The van der Waals surface area contributed by atoms with E-state index in [-0.39, 0.29) is 35.4 Å². The number of aliphatic carboxylic acids is 1. The van der Waals surface area contributed by atoms with Crippen LogP contribution in [-0.4, -0.2) is 33.6 Å². The molecule has 3 N–H and O–H groups in total. The monoisotopic (exact) mass is 515 g/mol. The second-order valence-corrected chi connectivity index (χ2v) is 10.3. The molecule has 0 radical (unpaired) electrons. The minimum atomic E-state index is -1.01. The summed E-state index contributed by atoms with van der Waals surface area (Å²) in [5.74, 6) is -2.17. The summed E-state index contributed by atoms with van der Waals surface area (Å²) in [6.45, 7) is 7.98. The fourth-order valence-corrected chi connectivity index (χ4v) is 5.72. The van der Waals surface area contributed by atoms with Gasteiger partial charge in [0.2, 0.25) is 5.43 Å². The van der Waals surface area contributed by atoms with E-state index in [2.05, 4.69) is 10.6 Å². The Morgan fingerprint density at radius 3 is 2.27 bits per heavy atom. The van der Waals surface area contributed by atoms with Crippen molar-refractivity contribution in [1.29, 1.82) is 0 Å². The number of nitrogens with zero attached hydrogens (tertiary/aromatic N) is 1. The van der Waals surface area contributed by atoms with Crippen LogP contribution in [0.4, 0.5) is 10.1 Å². The maximum absolute atomic E-state index is 15.3. The maximum atomic E-state index is 15.3. The van der Waals surface area contributed by atoms with E-state index in [1.807, 2.05) is 32.3 Å². The second-order valence-electron chi connectivity index (χ2n) is 10.3. The van der Waals surface area contributed by atoms with Crippen molar-refractivity contribution in [3.8, 4) is 0 Å². The third-order valence-electron chi connectivity index (χ3n) is 8.00. The number of pyridine rings is 1. The van der Waals surface area contributed by atoms with Crippen LogP contribution in [0.2, 0.25) is 0 Å². The van der Waals surface area contributed by atoms with Gasteiger partial charge < -0.3 is 20.3 Å². The molecule has 7 nitrogen and oxygen atoms in total. The van der Waals surface area contributed by atoms with Gasteiger partial charge in [-0.15, -0.1) is 0 Å². The van der Waals surface area contributed by atoms with Crippen molar-refractivity contribution in [1.82, 2.24) is 9.88 Å². The van der Waals surface area contributed by atoms with Gasteiger partial charge in [0, 0.05) is 29.7 Å². The number of carboxylic acids is 1. The van der Waals surface area contributed by atoms with E-state index in [9.17, 15) is 19.5 Å². The van der Waals surface area contributed by atoms with Crippen LogP contribution in [0, 0.1) is 11.7 Å². The quantitative estimate of drug-likeness (QED) is 0.310. The number of hydrogen-bond acceptors (Lipinski definition) is 4. The number of rotatable bonds is 12. The molecule has 0 spiro atoms. The van der Waals surface area contributed by atoms with Gasteiger partial charge in [-0.25, -0.2) is 4.39 Å². The Balaban J connectivity index is 2.09. The molecule has 2 aromatic rings. The lowest BCUT2D eigenvalue weighted by molar-refractivity contribution is -0.137. The van der Waals surface area contributed by atoms with Crippen molar-refractivity contribution in [3.05, 3.63) is 39.9 Å². The van der Waals surface area contributed by atoms with Gasteiger partial charge in [0.05, 0.1) is 17.6 Å². The number of hydrogen-bond donors (Lipinski definition) is 3. The van der Waals surface area contributed by atoms with Crippen LogP contribution in [0.25, 0.3) is 10.9 Å². The van der Waals surface area contributed by atoms with Crippen LogP contribution >= 0.6 is 0 Å². The molecule has 3 rings (SSSR count). The zero-order valence-corrected chi connectivity index (χ0v) is 22.6. The molecule has 1 atom stereocenters. The summed E-state index contributed by atoms with van der Waals surface area (Å²) in [6.07, 6.45) is 9.70. The van der Waals surface area contributed by atoms with E-state index >= 15 is 4.39 Å². The highest BCUT2D eigenvalue weighted by molar-refractivity contribution is 5.98. The number of amides is 1. The zero-order chi connectivity index (χ0) is 27.1.